The van der Waals surface area contributed by atoms with Crippen LogP contribution in [0.1, 0.15) is 51.4 Å². The molecule has 1 nitrogen and oxygen atoms in total. The summed E-state index contributed by atoms with van der Waals surface area (Å²) in [6.45, 7) is 4.57. The second-order valence-corrected chi connectivity index (χ2v) is 4.64. The minimum atomic E-state index is 0.834. The standard InChI is InChI=1S/C17H25O/c1-2-3-4-5-6-7-8-9-13-16-18-17-14-11-10-12-15-17/h2,11-12,14-15H,1,3-9,13,16H2. The summed E-state index contributed by atoms with van der Waals surface area (Å²) < 4.78 is 5.63. The predicted molar refractivity (Wildman–Crippen MR) is 77.9 cm³/mol. The Morgan fingerprint density at radius 1 is 0.944 bits per heavy atom. The van der Waals surface area contributed by atoms with E-state index in [-0.39, 0.29) is 0 Å². The summed E-state index contributed by atoms with van der Waals surface area (Å²) in [7, 11) is 0. The van der Waals surface area contributed by atoms with Gasteiger partial charge in [-0.2, -0.15) is 0 Å². The van der Waals surface area contributed by atoms with E-state index >= 15 is 0 Å². The van der Waals surface area contributed by atoms with Gasteiger partial charge < -0.3 is 4.74 Å². The zero-order valence-corrected chi connectivity index (χ0v) is 11.4. The number of benzene rings is 1. The summed E-state index contributed by atoms with van der Waals surface area (Å²) in [5, 5.41) is 0. The highest BCUT2D eigenvalue weighted by Crippen LogP contribution is 2.11. The van der Waals surface area contributed by atoms with Crippen LogP contribution >= 0.6 is 0 Å². The number of allylic oxidation sites excluding steroid dienone is 1. The lowest BCUT2D eigenvalue weighted by Crippen LogP contribution is -1.96. The van der Waals surface area contributed by atoms with Gasteiger partial charge in [-0.05, 0) is 37.5 Å². The van der Waals surface area contributed by atoms with Gasteiger partial charge in [-0.15, -0.1) is 6.58 Å². The van der Waals surface area contributed by atoms with Gasteiger partial charge in [0.25, 0.3) is 0 Å². The van der Waals surface area contributed by atoms with Crippen LogP contribution in [0.3, 0.4) is 0 Å². The maximum atomic E-state index is 5.63. The Hall–Kier alpha value is -1.24. The molecule has 0 aliphatic rings. The fourth-order valence-corrected chi connectivity index (χ4v) is 1.93. The van der Waals surface area contributed by atoms with E-state index in [1.165, 1.54) is 44.9 Å². The number of ether oxygens (including phenoxy) is 1. The van der Waals surface area contributed by atoms with Gasteiger partial charge in [0.15, 0.2) is 0 Å². The number of rotatable bonds is 11. The van der Waals surface area contributed by atoms with Crippen molar-refractivity contribution in [1.29, 1.82) is 0 Å². The Kier molecular flexibility index (Phi) is 8.96. The molecule has 0 heterocycles. The molecule has 0 saturated heterocycles. The van der Waals surface area contributed by atoms with Gasteiger partial charge >= 0.3 is 0 Å². The Morgan fingerprint density at radius 3 is 2.22 bits per heavy atom. The average molecular weight is 245 g/mol. The van der Waals surface area contributed by atoms with Crippen LogP contribution in [0.15, 0.2) is 36.9 Å². The first-order valence-electron chi connectivity index (χ1n) is 7.13. The fraction of sp³-hybridized carbons (Fsp3) is 0.529. The van der Waals surface area contributed by atoms with Gasteiger partial charge in [-0.3, -0.25) is 0 Å². The lowest BCUT2D eigenvalue weighted by molar-refractivity contribution is 0.304. The van der Waals surface area contributed by atoms with Crippen LogP contribution < -0.4 is 4.74 Å². The van der Waals surface area contributed by atoms with E-state index in [0.717, 1.165) is 18.8 Å². The van der Waals surface area contributed by atoms with Crippen molar-refractivity contribution in [3.8, 4) is 5.75 Å². The third kappa shape index (κ3) is 7.94. The van der Waals surface area contributed by atoms with Crippen molar-refractivity contribution in [2.24, 2.45) is 0 Å². The highest BCUT2D eigenvalue weighted by Gasteiger charge is 1.93. The molecule has 0 aromatic heterocycles. The monoisotopic (exact) mass is 245 g/mol. The molecule has 0 amide bonds. The summed E-state index contributed by atoms with van der Waals surface area (Å²) in [6.07, 6.45) is 12.3. The van der Waals surface area contributed by atoms with Crippen molar-refractivity contribution in [1.82, 2.24) is 0 Å². The molecule has 0 spiro atoms. The third-order valence-corrected chi connectivity index (χ3v) is 3.01. The Balaban J connectivity index is 1.83. The minimum absolute atomic E-state index is 0.834. The molecule has 1 aromatic rings. The summed E-state index contributed by atoms with van der Waals surface area (Å²) >= 11 is 0. The summed E-state index contributed by atoms with van der Waals surface area (Å²) in [6, 6.07) is 10.7. The van der Waals surface area contributed by atoms with E-state index in [9.17, 15) is 0 Å². The van der Waals surface area contributed by atoms with Crippen LogP contribution in [-0.4, -0.2) is 6.61 Å². The molecule has 0 aliphatic heterocycles. The zero-order chi connectivity index (χ0) is 12.9. The molecule has 1 radical (unpaired) electrons. The normalized spacial score (nSPS) is 10.2. The lowest BCUT2D eigenvalue weighted by atomic mass is 10.1. The van der Waals surface area contributed by atoms with Crippen LogP contribution in [0.2, 0.25) is 0 Å². The minimum Gasteiger partial charge on any atom is -0.494 e. The van der Waals surface area contributed by atoms with Crippen molar-refractivity contribution in [3.05, 3.63) is 43.0 Å². The first kappa shape index (κ1) is 14.8. The Morgan fingerprint density at radius 2 is 1.56 bits per heavy atom. The van der Waals surface area contributed by atoms with Crippen LogP contribution in [0.4, 0.5) is 0 Å². The quantitative estimate of drug-likeness (QED) is 0.386. The smallest absolute Gasteiger partial charge is 0.119 e. The zero-order valence-electron chi connectivity index (χ0n) is 11.4. The molecular formula is C17H25O. The highest BCUT2D eigenvalue weighted by atomic mass is 16.5. The molecule has 0 bridgehead atoms. The van der Waals surface area contributed by atoms with E-state index in [1.807, 2.05) is 30.3 Å². The maximum Gasteiger partial charge on any atom is 0.119 e. The van der Waals surface area contributed by atoms with E-state index in [4.69, 9.17) is 4.74 Å². The number of hydrogen-bond donors (Lipinski definition) is 0. The summed E-state index contributed by atoms with van der Waals surface area (Å²) in [4.78, 5) is 0. The number of unbranched alkanes of at least 4 members (excludes halogenated alkanes) is 7. The Bertz CT molecular complexity index is 292. The van der Waals surface area contributed by atoms with Crippen molar-refractivity contribution >= 4 is 0 Å². The first-order valence-corrected chi connectivity index (χ1v) is 7.13. The molecule has 1 rings (SSSR count). The predicted octanol–water partition coefficient (Wildman–Crippen LogP) is 5.17. The van der Waals surface area contributed by atoms with E-state index in [2.05, 4.69) is 12.6 Å². The van der Waals surface area contributed by atoms with E-state index in [1.54, 1.807) is 0 Å². The van der Waals surface area contributed by atoms with Gasteiger partial charge in [0.05, 0.1) is 6.61 Å². The van der Waals surface area contributed by atoms with E-state index in [0.29, 0.717) is 0 Å². The largest absolute Gasteiger partial charge is 0.494 e. The molecule has 0 saturated carbocycles. The fourth-order valence-electron chi connectivity index (χ4n) is 1.93. The van der Waals surface area contributed by atoms with Gasteiger partial charge in [0, 0.05) is 0 Å². The van der Waals surface area contributed by atoms with Crippen LogP contribution in [0.5, 0.6) is 5.75 Å². The topological polar surface area (TPSA) is 9.23 Å². The molecule has 18 heavy (non-hydrogen) atoms. The first-order chi connectivity index (χ1) is 8.93. The van der Waals surface area contributed by atoms with Crippen LogP contribution in [0, 0.1) is 6.07 Å². The van der Waals surface area contributed by atoms with Gasteiger partial charge in [0.1, 0.15) is 5.75 Å². The molecule has 1 aromatic carbocycles. The Labute approximate surface area is 112 Å². The second kappa shape index (κ2) is 10.9. The molecular weight excluding hydrogens is 220 g/mol. The molecule has 0 aliphatic carbocycles. The SMILES string of the molecule is C=CCCCCCCCCCOc1cc[c]cc1. The summed E-state index contributed by atoms with van der Waals surface area (Å²) in [5.41, 5.74) is 0. The molecule has 1 heteroatoms. The molecule has 0 unspecified atom stereocenters. The van der Waals surface area contributed by atoms with Crippen LogP contribution in [0.25, 0.3) is 0 Å². The molecule has 99 valence electrons. The highest BCUT2D eigenvalue weighted by molar-refractivity contribution is 5.20. The average Bonchev–Trinajstić information content (AvgIpc) is 2.42. The van der Waals surface area contributed by atoms with Crippen molar-refractivity contribution in [2.45, 2.75) is 51.4 Å². The molecule has 0 N–H and O–H groups in total. The third-order valence-electron chi connectivity index (χ3n) is 3.01. The van der Waals surface area contributed by atoms with E-state index < -0.39 is 0 Å². The van der Waals surface area contributed by atoms with Gasteiger partial charge in [0.2, 0.25) is 0 Å². The molecule has 0 atom stereocenters. The van der Waals surface area contributed by atoms with Crippen molar-refractivity contribution in [3.63, 3.8) is 0 Å². The molecule has 0 fully saturated rings. The lowest BCUT2D eigenvalue weighted by Gasteiger charge is -2.05. The maximum absolute atomic E-state index is 5.63. The van der Waals surface area contributed by atoms with Gasteiger partial charge in [-0.1, -0.05) is 50.3 Å². The second-order valence-electron chi connectivity index (χ2n) is 4.64. The number of hydrogen-bond acceptors (Lipinski definition) is 1. The van der Waals surface area contributed by atoms with Crippen molar-refractivity contribution in [2.75, 3.05) is 6.61 Å². The summed E-state index contributed by atoms with van der Waals surface area (Å²) in [5.74, 6) is 0.957. The van der Waals surface area contributed by atoms with Crippen molar-refractivity contribution < 1.29 is 4.74 Å². The van der Waals surface area contributed by atoms with Crippen LogP contribution in [-0.2, 0) is 0 Å². The van der Waals surface area contributed by atoms with Gasteiger partial charge in [-0.25, -0.2) is 0 Å².